The van der Waals surface area contributed by atoms with Crippen molar-refractivity contribution in [2.75, 3.05) is 39.5 Å². The number of carbonyl (C=O) groups excluding carboxylic acids is 1. The van der Waals surface area contributed by atoms with Crippen LogP contribution in [0.3, 0.4) is 0 Å². The zero-order valence-corrected chi connectivity index (χ0v) is 13.5. The van der Waals surface area contributed by atoms with Gasteiger partial charge in [0.2, 0.25) is 0 Å². The van der Waals surface area contributed by atoms with E-state index in [0.717, 1.165) is 17.8 Å². The van der Waals surface area contributed by atoms with Crippen LogP contribution in [0.4, 0.5) is 5.69 Å². The molecule has 1 aromatic carbocycles. The van der Waals surface area contributed by atoms with E-state index >= 15 is 0 Å². The fourth-order valence-corrected chi connectivity index (χ4v) is 2.39. The van der Waals surface area contributed by atoms with Gasteiger partial charge in [0.25, 0.3) is 5.91 Å². The van der Waals surface area contributed by atoms with Gasteiger partial charge in [0, 0.05) is 25.8 Å². The van der Waals surface area contributed by atoms with Gasteiger partial charge in [-0.1, -0.05) is 25.5 Å². The lowest BCUT2D eigenvalue weighted by Crippen LogP contribution is -2.40. The van der Waals surface area contributed by atoms with Gasteiger partial charge in [-0.25, -0.2) is 0 Å². The lowest BCUT2D eigenvalue weighted by molar-refractivity contribution is 0.0930. The molecule has 0 unspecified atom stereocenters. The summed E-state index contributed by atoms with van der Waals surface area (Å²) >= 11 is 0. The first-order valence-corrected chi connectivity index (χ1v) is 6.96. The number of nitrogens with zero attached hydrogens (tertiary/aromatic N) is 1. The number of aryl methyl sites for hydroxylation is 1. The molecule has 4 nitrogen and oxygen atoms in total. The number of hydrogen-bond donors (Lipinski definition) is 2. The van der Waals surface area contributed by atoms with Crippen LogP contribution in [0.1, 0.15) is 29.8 Å². The van der Waals surface area contributed by atoms with E-state index in [9.17, 15) is 4.79 Å². The molecule has 0 atom stereocenters. The maximum atomic E-state index is 12.3. The molecule has 0 bridgehead atoms. The molecule has 0 heterocycles. The van der Waals surface area contributed by atoms with Crippen molar-refractivity contribution in [3.05, 3.63) is 29.3 Å². The molecular formula is C16H27N3O. The van der Waals surface area contributed by atoms with E-state index in [1.165, 1.54) is 0 Å². The van der Waals surface area contributed by atoms with Crippen molar-refractivity contribution in [3.63, 3.8) is 0 Å². The van der Waals surface area contributed by atoms with Gasteiger partial charge in [0.15, 0.2) is 0 Å². The maximum absolute atomic E-state index is 12.3. The number of rotatable bonds is 6. The topological polar surface area (TPSA) is 44.4 Å². The third-order valence-corrected chi connectivity index (χ3v) is 3.16. The average molecular weight is 277 g/mol. The molecule has 0 aliphatic carbocycles. The predicted molar refractivity (Wildman–Crippen MR) is 85.4 cm³/mol. The van der Waals surface area contributed by atoms with Gasteiger partial charge in [-0.05, 0) is 38.6 Å². The largest absolute Gasteiger partial charge is 0.387 e. The lowest BCUT2D eigenvalue weighted by atomic mass is 9.93. The minimum absolute atomic E-state index is 0.0233. The van der Waals surface area contributed by atoms with Crippen molar-refractivity contribution in [1.82, 2.24) is 10.2 Å². The van der Waals surface area contributed by atoms with Gasteiger partial charge in [0.1, 0.15) is 0 Å². The van der Waals surface area contributed by atoms with Crippen molar-refractivity contribution in [2.45, 2.75) is 20.8 Å². The molecule has 112 valence electrons. The highest BCUT2D eigenvalue weighted by molar-refractivity contribution is 5.99. The molecule has 0 aliphatic heterocycles. The molecule has 0 aliphatic rings. The first kappa shape index (κ1) is 16.5. The van der Waals surface area contributed by atoms with E-state index in [1.807, 2.05) is 46.3 Å². The van der Waals surface area contributed by atoms with E-state index in [2.05, 4.69) is 29.4 Å². The van der Waals surface area contributed by atoms with E-state index in [-0.39, 0.29) is 11.3 Å². The summed E-state index contributed by atoms with van der Waals surface area (Å²) in [6.07, 6.45) is 0. The van der Waals surface area contributed by atoms with Crippen LogP contribution >= 0.6 is 0 Å². The van der Waals surface area contributed by atoms with Crippen molar-refractivity contribution in [1.29, 1.82) is 0 Å². The number of hydrogen-bond acceptors (Lipinski definition) is 3. The van der Waals surface area contributed by atoms with Crippen LogP contribution in [0.5, 0.6) is 0 Å². The summed E-state index contributed by atoms with van der Waals surface area (Å²) < 4.78 is 0. The van der Waals surface area contributed by atoms with Crippen molar-refractivity contribution in [2.24, 2.45) is 5.41 Å². The monoisotopic (exact) mass is 277 g/mol. The molecule has 1 rings (SSSR count). The smallest absolute Gasteiger partial charge is 0.253 e. The van der Waals surface area contributed by atoms with Crippen LogP contribution in [0.15, 0.2) is 18.2 Å². The summed E-state index contributed by atoms with van der Waals surface area (Å²) in [6, 6.07) is 5.86. The van der Waals surface area contributed by atoms with Crippen LogP contribution in [0.25, 0.3) is 0 Å². The number of amides is 1. The number of nitrogens with one attached hydrogen (secondary N) is 2. The molecule has 0 spiro atoms. The van der Waals surface area contributed by atoms with E-state index in [0.29, 0.717) is 12.1 Å². The number of anilines is 1. The Morgan fingerprint density at radius 3 is 2.50 bits per heavy atom. The second-order valence-corrected chi connectivity index (χ2v) is 6.38. The normalized spacial score (nSPS) is 11.6. The zero-order chi connectivity index (χ0) is 15.3. The second kappa shape index (κ2) is 6.75. The van der Waals surface area contributed by atoms with E-state index in [1.54, 1.807) is 0 Å². The second-order valence-electron chi connectivity index (χ2n) is 6.38. The molecular weight excluding hydrogens is 250 g/mol. The molecule has 0 saturated heterocycles. The van der Waals surface area contributed by atoms with Gasteiger partial charge in [0.05, 0.1) is 5.56 Å². The average Bonchev–Trinajstić information content (AvgIpc) is 2.34. The van der Waals surface area contributed by atoms with Crippen LogP contribution in [-0.4, -0.2) is 45.0 Å². The molecule has 1 amide bonds. The molecule has 20 heavy (non-hydrogen) atoms. The molecule has 0 radical (unpaired) electrons. The van der Waals surface area contributed by atoms with Crippen LogP contribution in [-0.2, 0) is 0 Å². The Morgan fingerprint density at radius 2 is 1.95 bits per heavy atom. The highest BCUT2D eigenvalue weighted by Gasteiger charge is 2.21. The Bertz CT molecular complexity index is 467. The summed E-state index contributed by atoms with van der Waals surface area (Å²) in [7, 11) is 5.92. The number of benzene rings is 1. The van der Waals surface area contributed by atoms with Gasteiger partial charge >= 0.3 is 0 Å². The van der Waals surface area contributed by atoms with Gasteiger partial charge in [-0.15, -0.1) is 0 Å². The molecule has 4 heteroatoms. The summed E-state index contributed by atoms with van der Waals surface area (Å²) in [5.41, 5.74) is 2.69. The van der Waals surface area contributed by atoms with E-state index < -0.39 is 0 Å². The molecule has 0 fully saturated rings. The Labute approximate surface area is 122 Å². The predicted octanol–water partition coefficient (Wildman–Crippen LogP) is 2.35. The van der Waals surface area contributed by atoms with Crippen LogP contribution in [0.2, 0.25) is 0 Å². The van der Waals surface area contributed by atoms with Crippen LogP contribution < -0.4 is 10.6 Å². The highest BCUT2D eigenvalue weighted by atomic mass is 16.1. The Morgan fingerprint density at radius 1 is 1.30 bits per heavy atom. The summed E-state index contributed by atoms with van der Waals surface area (Å²) in [5.74, 6) is -0.0233. The maximum Gasteiger partial charge on any atom is 0.253 e. The first-order chi connectivity index (χ1) is 9.25. The third-order valence-electron chi connectivity index (χ3n) is 3.16. The summed E-state index contributed by atoms with van der Waals surface area (Å²) in [5, 5.41) is 6.10. The fraction of sp³-hybridized carbons (Fsp3) is 0.562. The van der Waals surface area contributed by atoms with Gasteiger partial charge < -0.3 is 15.5 Å². The Kier molecular flexibility index (Phi) is 5.57. The Balaban J connectivity index is 2.74. The van der Waals surface area contributed by atoms with Crippen molar-refractivity contribution >= 4 is 11.6 Å². The molecule has 2 N–H and O–H groups in total. The quantitative estimate of drug-likeness (QED) is 0.839. The first-order valence-electron chi connectivity index (χ1n) is 6.96. The SMILES string of the molecule is CNc1ccc(C)cc1C(=O)NCC(C)(C)CN(C)C. The van der Waals surface area contributed by atoms with Crippen molar-refractivity contribution < 1.29 is 4.79 Å². The van der Waals surface area contributed by atoms with E-state index in [4.69, 9.17) is 0 Å². The van der Waals surface area contributed by atoms with Gasteiger partial charge in [-0.3, -0.25) is 4.79 Å². The minimum atomic E-state index is -0.0233. The molecule has 0 aromatic heterocycles. The zero-order valence-electron chi connectivity index (χ0n) is 13.5. The van der Waals surface area contributed by atoms with Gasteiger partial charge in [-0.2, -0.15) is 0 Å². The number of carbonyl (C=O) groups is 1. The van der Waals surface area contributed by atoms with Crippen molar-refractivity contribution in [3.8, 4) is 0 Å². The third kappa shape index (κ3) is 4.85. The minimum Gasteiger partial charge on any atom is -0.387 e. The standard InChI is InChI=1S/C16H27N3O/c1-12-7-8-14(17-4)13(9-12)15(20)18-10-16(2,3)11-19(5)6/h7-9,17H,10-11H2,1-6H3,(H,18,20). The summed E-state index contributed by atoms with van der Waals surface area (Å²) in [4.78, 5) is 14.5. The lowest BCUT2D eigenvalue weighted by Gasteiger charge is -2.28. The highest BCUT2D eigenvalue weighted by Crippen LogP contribution is 2.18. The van der Waals surface area contributed by atoms with Crippen LogP contribution in [0, 0.1) is 12.3 Å². The molecule has 0 saturated carbocycles. The fourth-order valence-electron chi connectivity index (χ4n) is 2.39. The Hall–Kier alpha value is -1.55. The summed E-state index contributed by atoms with van der Waals surface area (Å²) in [6.45, 7) is 7.89. The molecule has 1 aromatic rings.